The molecule has 0 spiro atoms. The van der Waals surface area contributed by atoms with E-state index >= 15 is 0 Å². The van der Waals surface area contributed by atoms with Crippen molar-refractivity contribution in [2.24, 2.45) is 0 Å². The molecule has 0 aliphatic rings. The minimum Gasteiger partial charge on any atom is -0.346 e. The first kappa shape index (κ1) is 18.7. The zero-order chi connectivity index (χ0) is 22.2. The van der Waals surface area contributed by atoms with Gasteiger partial charge < -0.3 is 4.98 Å². The number of rotatable bonds is 5. The van der Waals surface area contributed by atoms with E-state index in [4.69, 9.17) is 13.0 Å². The van der Waals surface area contributed by atoms with Gasteiger partial charge in [0.05, 0.1) is 10.6 Å². The first-order chi connectivity index (χ1) is 14.8. The van der Waals surface area contributed by atoms with Crippen LogP contribution < -0.4 is 4.72 Å². The zero-order valence-electron chi connectivity index (χ0n) is 16.7. The summed E-state index contributed by atoms with van der Waals surface area (Å²) in [6.07, 6.45) is 4.23. The van der Waals surface area contributed by atoms with Gasteiger partial charge in [0.25, 0.3) is 10.0 Å². The summed E-state index contributed by atoms with van der Waals surface area (Å²) in [5.41, 5.74) is 1.42. The lowest BCUT2D eigenvalue weighted by atomic mass is 10.1. The van der Waals surface area contributed by atoms with Gasteiger partial charge >= 0.3 is 0 Å². The van der Waals surface area contributed by atoms with Crippen LogP contribution in [0.25, 0.3) is 11.0 Å². The Morgan fingerprint density at radius 1 is 1.17 bits per heavy atom. The Labute approximate surface area is 178 Å². The number of aryl methyl sites for hydroxylation is 2. The first-order valence-electron chi connectivity index (χ1n) is 9.41. The SMILES string of the molecule is [2H]Cc1cnc(C(=O)c2ncnc3[nH]ccc23)c(NS(=O)(=O)c2ccc(Cl)c(C)c2)c1. The molecule has 4 aromatic rings. The number of H-pyrrole nitrogens is 1. The molecule has 0 saturated carbocycles. The van der Waals surface area contributed by atoms with Gasteiger partial charge in [-0.1, -0.05) is 11.6 Å². The van der Waals surface area contributed by atoms with Crippen molar-refractivity contribution in [3.8, 4) is 0 Å². The molecule has 0 saturated heterocycles. The number of hydrogen-bond acceptors (Lipinski definition) is 6. The van der Waals surface area contributed by atoms with Gasteiger partial charge in [-0.3, -0.25) is 14.5 Å². The Morgan fingerprint density at radius 2 is 2.00 bits per heavy atom. The standard InChI is InChI=1S/C20H16ClN5O3S/c1-11-7-16(26-30(28,29)13-3-4-15(21)12(2)8-13)18(23-9-11)19(27)17-14-5-6-22-20(14)25-10-24-17/h3-10,26H,1-2H3,(H,22,24,25)/i1D. The minimum atomic E-state index is -4.05. The number of aromatic nitrogens is 4. The fourth-order valence-corrected chi connectivity index (χ4v) is 4.18. The van der Waals surface area contributed by atoms with Gasteiger partial charge in [-0.2, -0.15) is 0 Å². The van der Waals surface area contributed by atoms with E-state index in [1.165, 1.54) is 36.8 Å². The van der Waals surface area contributed by atoms with Crippen molar-refractivity contribution < 1.29 is 14.6 Å². The van der Waals surface area contributed by atoms with Gasteiger partial charge in [-0.05, 0) is 55.3 Å². The molecule has 0 unspecified atom stereocenters. The van der Waals surface area contributed by atoms with Crippen LogP contribution in [-0.4, -0.2) is 34.1 Å². The van der Waals surface area contributed by atoms with E-state index in [0.29, 0.717) is 27.2 Å². The van der Waals surface area contributed by atoms with Gasteiger partial charge in [-0.25, -0.2) is 18.4 Å². The van der Waals surface area contributed by atoms with Crippen molar-refractivity contribution in [3.63, 3.8) is 0 Å². The fourth-order valence-electron chi connectivity index (χ4n) is 2.92. The number of pyridine rings is 1. The monoisotopic (exact) mass is 442 g/mol. The number of halogens is 1. The average molecular weight is 443 g/mol. The summed E-state index contributed by atoms with van der Waals surface area (Å²) in [7, 11) is -4.05. The van der Waals surface area contributed by atoms with Crippen LogP contribution in [0, 0.1) is 13.8 Å². The quantitative estimate of drug-likeness (QED) is 0.455. The van der Waals surface area contributed by atoms with Crippen molar-refractivity contribution >= 4 is 44.1 Å². The maximum atomic E-state index is 13.2. The number of benzene rings is 1. The van der Waals surface area contributed by atoms with E-state index in [9.17, 15) is 13.2 Å². The number of ketones is 1. The van der Waals surface area contributed by atoms with Crippen LogP contribution in [0.1, 0.15) is 28.7 Å². The van der Waals surface area contributed by atoms with E-state index in [2.05, 4.69) is 24.7 Å². The van der Waals surface area contributed by atoms with Crippen molar-refractivity contribution in [3.05, 3.63) is 76.6 Å². The van der Waals surface area contributed by atoms with Crippen LogP contribution in [0.5, 0.6) is 0 Å². The Kier molecular flexibility index (Phi) is 4.68. The van der Waals surface area contributed by atoms with E-state index < -0.39 is 15.8 Å². The number of carbonyl (C=O) groups excluding carboxylic acids is 1. The molecule has 3 heterocycles. The molecule has 0 radical (unpaired) electrons. The van der Waals surface area contributed by atoms with Gasteiger partial charge in [0.2, 0.25) is 5.78 Å². The molecule has 0 amide bonds. The van der Waals surface area contributed by atoms with Gasteiger partial charge in [0.15, 0.2) is 0 Å². The highest BCUT2D eigenvalue weighted by atomic mass is 35.5. The molecule has 0 fully saturated rings. The van der Waals surface area contributed by atoms with E-state index in [-0.39, 0.29) is 28.9 Å². The van der Waals surface area contributed by atoms with Crippen LogP contribution in [0.15, 0.2) is 53.9 Å². The van der Waals surface area contributed by atoms with Gasteiger partial charge in [0, 0.05) is 24.2 Å². The molecule has 0 aliphatic heterocycles. The Morgan fingerprint density at radius 3 is 2.77 bits per heavy atom. The molecule has 1 aromatic carbocycles. The molecular weight excluding hydrogens is 426 g/mol. The molecule has 0 aliphatic carbocycles. The predicted molar refractivity (Wildman–Crippen MR) is 113 cm³/mol. The number of nitrogens with zero attached hydrogens (tertiary/aromatic N) is 3. The molecule has 152 valence electrons. The lowest BCUT2D eigenvalue weighted by molar-refractivity contribution is 0.103. The van der Waals surface area contributed by atoms with Crippen LogP contribution >= 0.6 is 11.6 Å². The van der Waals surface area contributed by atoms with Crippen LogP contribution in [0.4, 0.5) is 5.69 Å². The third kappa shape index (κ3) is 3.64. The second-order valence-corrected chi connectivity index (χ2v) is 8.64. The van der Waals surface area contributed by atoms with E-state index in [0.717, 1.165) is 0 Å². The Bertz CT molecular complexity index is 1420. The van der Waals surface area contributed by atoms with Crippen molar-refractivity contribution in [1.29, 1.82) is 0 Å². The van der Waals surface area contributed by atoms with Crippen LogP contribution in [-0.2, 0) is 10.0 Å². The maximum Gasteiger partial charge on any atom is 0.261 e. The third-order valence-electron chi connectivity index (χ3n) is 4.41. The lowest BCUT2D eigenvalue weighted by Gasteiger charge is -2.13. The van der Waals surface area contributed by atoms with Crippen LogP contribution in [0.3, 0.4) is 0 Å². The number of fused-ring (bicyclic) bond motifs is 1. The highest BCUT2D eigenvalue weighted by Gasteiger charge is 2.24. The highest BCUT2D eigenvalue weighted by molar-refractivity contribution is 7.92. The average Bonchev–Trinajstić information content (AvgIpc) is 3.23. The van der Waals surface area contributed by atoms with Crippen molar-refractivity contribution in [2.75, 3.05) is 4.72 Å². The van der Waals surface area contributed by atoms with Gasteiger partial charge in [-0.15, -0.1) is 0 Å². The summed E-state index contributed by atoms with van der Waals surface area (Å²) in [5.74, 6) is -0.575. The smallest absolute Gasteiger partial charge is 0.261 e. The minimum absolute atomic E-state index is 0.0147. The Hall–Kier alpha value is -3.30. The summed E-state index contributed by atoms with van der Waals surface area (Å²) in [5, 5.41) is 0.924. The maximum absolute atomic E-state index is 13.2. The van der Waals surface area contributed by atoms with Crippen molar-refractivity contribution in [2.45, 2.75) is 18.7 Å². The summed E-state index contributed by atoms with van der Waals surface area (Å²) in [4.78, 5) is 28.4. The second-order valence-electron chi connectivity index (χ2n) is 6.55. The molecule has 3 aromatic heterocycles. The number of sulfonamides is 1. The normalized spacial score (nSPS) is 12.0. The number of hydrogen-bond donors (Lipinski definition) is 2. The summed E-state index contributed by atoms with van der Waals surface area (Å²) in [6, 6.07) is 7.36. The second kappa shape index (κ2) is 7.51. The molecule has 0 atom stereocenters. The largest absolute Gasteiger partial charge is 0.346 e. The number of anilines is 1. The predicted octanol–water partition coefficient (Wildman–Crippen LogP) is 3.65. The molecular formula is C20H16ClN5O3S. The zero-order valence-corrected chi connectivity index (χ0v) is 17.3. The summed E-state index contributed by atoms with van der Waals surface area (Å²) >= 11 is 6.00. The highest BCUT2D eigenvalue weighted by Crippen LogP contribution is 2.26. The Balaban J connectivity index is 1.80. The van der Waals surface area contributed by atoms with Crippen LogP contribution in [0.2, 0.25) is 5.02 Å². The van der Waals surface area contributed by atoms with Crippen molar-refractivity contribution in [1.82, 2.24) is 19.9 Å². The number of carbonyl (C=O) groups is 1. The lowest BCUT2D eigenvalue weighted by Crippen LogP contribution is -2.18. The molecule has 4 rings (SSSR count). The molecule has 30 heavy (non-hydrogen) atoms. The topological polar surface area (TPSA) is 118 Å². The fraction of sp³-hybridized carbons (Fsp3) is 0.100. The third-order valence-corrected chi connectivity index (χ3v) is 6.20. The summed E-state index contributed by atoms with van der Waals surface area (Å²) in [6.45, 7) is 1.56. The van der Waals surface area contributed by atoms with E-state index in [1.807, 2.05) is 0 Å². The number of aromatic amines is 1. The molecule has 10 heteroatoms. The summed E-state index contributed by atoms with van der Waals surface area (Å²) < 4.78 is 36.0. The number of nitrogens with one attached hydrogen (secondary N) is 2. The van der Waals surface area contributed by atoms with E-state index in [1.54, 1.807) is 19.2 Å². The van der Waals surface area contributed by atoms with Gasteiger partial charge in [0.1, 0.15) is 23.4 Å². The molecule has 8 nitrogen and oxygen atoms in total. The molecule has 0 bridgehead atoms. The first-order valence-corrected chi connectivity index (χ1v) is 10.6. The molecule has 2 N–H and O–H groups in total.